The molecule has 1 atom stereocenters. The number of aromatic nitrogens is 7. The molecule has 1 aliphatic rings. The Hall–Kier alpha value is -2.55. The molecule has 1 unspecified atom stereocenters. The summed E-state index contributed by atoms with van der Waals surface area (Å²) in [4.78, 5) is 2.32. The Balaban J connectivity index is 1.67. The van der Waals surface area contributed by atoms with Crippen molar-refractivity contribution in [3.05, 3.63) is 29.7 Å². The standard InChI is InChI=1S/C15H20N8O/c1-10-6-12(15-18-16-9-23(15)20-10)22-5-3-4-11(7-22)14-19-17-13(8-24)21(14)2/h6,9,11,24H,3-5,7-8H2,1-2H3. The average Bonchev–Trinajstić information content (AvgIpc) is 3.20. The highest BCUT2D eigenvalue weighted by atomic mass is 16.3. The van der Waals surface area contributed by atoms with Gasteiger partial charge in [-0.2, -0.15) is 9.61 Å². The highest BCUT2D eigenvalue weighted by molar-refractivity contribution is 5.68. The van der Waals surface area contributed by atoms with Crippen molar-refractivity contribution in [1.82, 2.24) is 34.6 Å². The molecular formula is C15H20N8O. The van der Waals surface area contributed by atoms with E-state index in [1.165, 1.54) is 0 Å². The van der Waals surface area contributed by atoms with Gasteiger partial charge in [0.15, 0.2) is 5.82 Å². The summed E-state index contributed by atoms with van der Waals surface area (Å²) in [6.45, 7) is 3.68. The van der Waals surface area contributed by atoms with Crippen molar-refractivity contribution in [2.75, 3.05) is 18.0 Å². The SMILES string of the molecule is Cc1cc(N2CCCC(c3nnc(CO)n3C)C2)c2nncn2n1. The van der Waals surface area contributed by atoms with E-state index in [-0.39, 0.29) is 12.5 Å². The van der Waals surface area contributed by atoms with Crippen molar-refractivity contribution in [2.45, 2.75) is 32.3 Å². The van der Waals surface area contributed by atoms with Gasteiger partial charge in [0.2, 0.25) is 5.65 Å². The molecule has 3 aromatic heterocycles. The van der Waals surface area contributed by atoms with E-state index in [1.54, 1.807) is 10.8 Å². The van der Waals surface area contributed by atoms with Crippen LogP contribution < -0.4 is 4.90 Å². The molecule has 0 aromatic carbocycles. The van der Waals surface area contributed by atoms with Crippen LogP contribution in [-0.4, -0.2) is 52.8 Å². The van der Waals surface area contributed by atoms with Crippen LogP contribution in [0.15, 0.2) is 12.4 Å². The van der Waals surface area contributed by atoms with E-state index < -0.39 is 0 Å². The molecular weight excluding hydrogens is 308 g/mol. The Kier molecular flexibility index (Phi) is 3.64. The zero-order valence-electron chi connectivity index (χ0n) is 13.8. The predicted molar refractivity (Wildman–Crippen MR) is 86.6 cm³/mol. The largest absolute Gasteiger partial charge is 0.388 e. The van der Waals surface area contributed by atoms with Gasteiger partial charge in [0, 0.05) is 26.1 Å². The highest BCUT2D eigenvalue weighted by Gasteiger charge is 2.27. The summed E-state index contributed by atoms with van der Waals surface area (Å²) >= 11 is 0. The summed E-state index contributed by atoms with van der Waals surface area (Å²) in [6.07, 6.45) is 3.75. The third kappa shape index (κ3) is 2.41. The summed E-state index contributed by atoms with van der Waals surface area (Å²) in [7, 11) is 1.91. The fourth-order valence-electron chi connectivity index (χ4n) is 3.44. The normalized spacial score (nSPS) is 18.5. The highest BCUT2D eigenvalue weighted by Crippen LogP contribution is 2.30. The molecule has 0 aliphatic carbocycles. The maximum absolute atomic E-state index is 9.33. The van der Waals surface area contributed by atoms with Crippen LogP contribution in [0.1, 0.15) is 36.1 Å². The summed E-state index contributed by atoms with van der Waals surface area (Å²) < 4.78 is 3.62. The Labute approximate surface area is 138 Å². The number of aliphatic hydroxyl groups is 1. The van der Waals surface area contributed by atoms with E-state index in [4.69, 9.17) is 0 Å². The first-order valence-corrected chi connectivity index (χ1v) is 8.09. The zero-order valence-corrected chi connectivity index (χ0v) is 13.8. The van der Waals surface area contributed by atoms with Crippen LogP contribution in [0.4, 0.5) is 5.69 Å². The lowest BCUT2D eigenvalue weighted by Gasteiger charge is -2.33. The molecule has 0 radical (unpaired) electrons. The Morgan fingerprint density at radius 1 is 1.29 bits per heavy atom. The topological polar surface area (TPSA) is 97.3 Å². The van der Waals surface area contributed by atoms with E-state index >= 15 is 0 Å². The first kappa shape index (κ1) is 15.0. The maximum atomic E-state index is 9.33. The molecule has 1 saturated heterocycles. The Morgan fingerprint density at radius 3 is 2.96 bits per heavy atom. The molecule has 0 amide bonds. The summed E-state index contributed by atoms with van der Waals surface area (Å²) in [6, 6.07) is 2.06. The zero-order chi connectivity index (χ0) is 16.7. The van der Waals surface area contributed by atoms with Crippen molar-refractivity contribution in [2.24, 2.45) is 7.05 Å². The summed E-state index contributed by atoms with van der Waals surface area (Å²) in [5.41, 5.74) is 2.75. The molecule has 4 rings (SSSR count). The average molecular weight is 328 g/mol. The molecule has 0 bridgehead atoms. The van der Waals surface area contributed by atoms with Crippen LogP contribution in [-0.2, 0) is 13.7 Å². The van der Waals surface area contributed by atoms with Crippen molar-refractivity contribution in [1.29, 1.82) is 0 Å². The fourth-order valence-corrected chi connectivity index (χ4v) is 3.44. The molecule has 9 nitrogen and oxygen atoms in total. The molecule has 126 valence electrons. The van der Waals surface area contributed by atoms with Crippen molar-refractivity contribution < 1.29 is 5.11 Å². The number of aliphatic hydroxyl groups excluding tert-OH is 1. The van der Waals surface area contributed by atoms with E-state index in [0.29, 0.717) is 5.82 Å². The van der Waals surface area contributed by atoms with Gasteiger partial charge in [0.1, 0.15) is 18.8 Å². The van der Waals surface area contributed by atoms with Crippen LogP contribution in [0.5, 0.6) is 0 Å². The van der Waals surface area contributed by atoms with Crippen LogP contribution >= 0.6 is 0 Å². The molecule has 1 aliphatic heterocycles. The van der Waals surface area contributed by atoms with Crippen LogP contribution in [0.25, 0.3) is 5.65 Å². The fraction of sp³-hybridized carbons (Fsp3) is 0.533. The number of rotatable bonds is 3. The maximum Gasteiger partial charge on any atom is 0.200 e. The lowest BCUT2D eigenvalue weighted by Crippen LogP contribution is -2.35. The van der Waals surface area contributed by atoms with Crippen molar-refractivity contribution in [3.8, 4) is 0 Å². The number of piperidine rings is 1. The minimum absolute atomic E-state index is 0.0934. The molecule has 1 N–H and O–H groups in total. The molecule has 0 spiro atoms. The third-order valence-corrected chi connectivity index (χ3v) is 4.64. The molecule has 24 heavy (non-hydrogen) atoms. The van der Waals surface area contributed by atoms with Crippen molar-refractivity contribution >= 4 is 11.3 Å². The number of hydrogen-bond acceptors (Lipinski definition) is 7. The van der Waals surface area contributed by atoms with Gasteiger partial charge in [-0.05, 0) is 25.8 Å². The Bertz CT molecular complexity index is 870. The number of aryl methyl sites for hydroxylation is 1. The van der Waals surface area contributed by atoms with Gasteiger partial charge < -0.3 is 14.6 Å². The van der Waals surface area contributed by atoms with Gasteiger partial charge in [-0.15, -0.1) is 20.4 Å². The van der Waals surface area contributed by atoms with Gasteiger partial charge >= 0.3 is 0 Å². The van der Waals surface area contributed by atoms with Crippen molar-refractivity contribution in [3.63, 3.8) is 0 Å². The molecule has 0 saturated carbocycles. The lowest BCUT2D eigenvalue weighted by atomic mass is 9.96. The lowest BCUT2D eigenvalue weighted by molar-refractivity contribution is 0.266. The smallest absolute Gasteiger partial charge is 0.200 e. The van der Waals surface area contributed by atoms with Gasteiger partial charge in [0.25, 0.3) is 0 Å². The Morgan fingerprint density at radius 2 is 2.17 bits per heavy atom. The second-order valence-corrected chi connectivity index (χ2v) is 6.25. The second-order valence-electron chi connectivity index (χ2n) is 6.25. The van der Waals surface area contributed by atoms with Gasteiger partial charge in [-0.1, -0.05) is 0 Å². The molecule has 4 heterocycles. The van der Waals surface area contributed by atoms with E-state index in [9.17, 15) is 5.11 Å². The van der Waals surface area contributed by atoms with Crippen LogP contribution in [0.2, 0.25) is 0 Å². The van der Waals surface area contributed by atoms with Gasteiger partial charge in [-0.3, -0.25) is 0 Å². The third-order valence-electron chi connectivity index (χ3n) is 4.64. The van der Waals surface area contributed by atoms with E-state index in [0.717, 1.165) is 48.8 Å². The second kappa shape index (κ2) is 5.82. The number of fused-ring (bicyclic) bond motifs is 1. The first-order valence-electron chi connectivity index (χ1n) is 8.09. The van der Waals surface area contributed by atoms with Gasteiger partial charge in [-0.25, -0.2) is 0 Å². The number of anilines is 1. The molecule has 1 fully saturated rings. The quantitative estimate of drug-likeness (QED) is 0.745. The van der Waals surface area contributed by atoms with Crippen LogP contribution in [0, 0.1) is 6.92 Å². The minimum Gasteiger partial charge on any atom is -0.388 e. The number of nitrogens with zero attached hydrogens (tertiary/aromatic N) is 8. The van der Waals surface area contributed by atoms with Gasteiger partial charge in [0.05, 0.1) is 11.4 Å². The molecule has 3 aromatic rings. The number of hydrogen-bond donors (Lipinski definition) is 1. The summed E-state index contributed by atoms with van der Waals surface area (Å²) in [5.74, 6) is 1.79. The first-order chi connectivity index (χ1) is 11.7. The van der Waals surface area contributed by atoms with E-state index in [2.05, 4.69) is 36.5 Å². The van der Waals surface area contributed by atoms with E-state index in [1.807, 2.05) is 18.5 Å². The minimum atomic E-state index is -0.0934. The monoisotopic (exact) mass is 328 g/mol. The van der Waals surface area contributed by atoms with Crippen LogP contribution in [0.3, 0.4) is 0 Å². The molecule has 9 heteroatoms. The summed E-state index contributed by atoms with van der Waals surface area (Å²) in [5, 5.41) is 30.3. The predicted octanol–water partition coefficient (Wildman–Crippen LogP) is 0.438.